The molecule has 4 atom stereocenters. The Bertz CT molecular complexity index is 424. The van der Waals surface area contributed by atoms with Gasteiger partial charge in [-0.2, -0.15) is 0 Å². The minimum Gasteiger partial charge on any atom is -0.478 e. The van der Waals surface area contributed by atoms with Crippen molar-refractivity contribution in [3.8, 4) is 0 Å². The van der Waals surface area contributed by atoms with Gasteiger partial charge in [0.1, 0.15) is 0 Å². The molecule has 0 unspecified atom stereocenters. The van der Waals surface area contributed by atoms with E-state index in [1.807, 2.05) is 0 Å². The van der Waals surface area contributed by atoms with E-state index in [1.165, 1.54) is 5.57 Å². The average Bonchev–Trinajstić information content (AvgIpc) is 2.38. The first-order valence-electron chi connectivity index (χ1n) is 7.04. The predicted octanol–water partition coefficient (Wildman–Crippen LogP) is 3.41. The van der Waals surface area contributed by atoms with Gasteiger partial charge in [0.2, 0.25) is 0 Å². The first-order valence-corrected chi connectivity index (χ1v) is 7.04. The standard InChI is InChI=1S/C16H24O3/c1-10-7-14(19-4)8-13-6-5-12(9-16(10,13)3)11(2)15(17)18/h8,10,12,14H,2,5-7,9H2,1,3-4H3,(H,17,18)/t10-,12+,14+,16+/m0/s1. The maximum atomic E-state index is 11.1. The summed E-state index contributed by atoms with van der Waals surface area (Å²) in [6.07, 6.45) is 6.27. The van der Waals surface area contributed by atoms with E-state index in [4.69, 9.17) is 9.84 Å². The van der Waals surface area contributed by atoms with Crippen molar-refractivity contribution in [2.45, 2.75) is 45.6 Å². The summed E-state index contributed by atoms with van der Waals surface area (Å²) in [4.78, 5) is 11.1. The lowest BCUT2D eigenvalue weighted by molar-refractivity contribution is -0.133. The maximum absolute atomic E-state index is 11.1. The number of carboxylic acid groups (broad SMARTS) is 1. The van der Waals surface area contributed by atoms with Crippen LogP contribution >= 0.6 is 0 Å². The fourth-order valence-electron chi connectivity index (χ4n) is 3.69. The molecule has 2 aliphatic rings. The number of rotatable bonds is 3. The van der Waals surface area contributed by atoms with Crippen LogP contribution in [0.3, 0.4) is 0 Å². The molecule has 106 valence electrons. The number of hydrogen-bond donors (Lipinski definition) is 1. The number of hydrogen-bond acceptors (Lipinski definition) is 2. The molecule has 0 bridgehead atoms. The Morgan fingerprint density at radius 1 is 1.58 bits per heavy atom. The molecule has 0 aromatic heterocycles. The molecular weight excluding hydrogens is 240 g/mol. The SMILES string of the molecule is C=C(C(=O)O)[C@@H]1CCC2=C[C@H](OC)C[C@H](C)[C@@]2(C)C1. The molecule has 0 aromatic rings. The Morgan fingerprint density at radius 2 is 2.26 bits per heavy atom. The molecule has 3 nitrogen and oxygen atoms in total. The molecule has 0 amide bonds. The van der Waals surface area contributed by atoms with Gasteiger partial charge in [0.05, 0.1) is 6.10 Å². The Labute approximate surface area is 115 Å². The molecular formula is C16H24O3. The van der Waals surface area contributed by atoms with Crippen LogP contribution in [0.2, 0.25) is 0 Å². The van der Waals surface area contributed by atoms with Gasteiger partial charge in [-0.1, -0.05) is 32.1 Å². The minimum atomic E-state index is -0.848. The average molecular weight is 264 g/mol. The van der Waals surface area contributed by atoms with E-state index in [-0.39, 0.29) is 17.4 Å². The largest absolute Gasteiger partial charge is 0.478 e. The summed E-state index contributed by atoms with van der Waals surface area (Å²) < 4.78 is 5.48. The fraction of sp³-hybridized carbons (Fsp3) is 0.688. The summed E-state index contributed by atoms with van der Waals surface area (Å²) in [7, 11) is 1.76. The van der Waals surface area contributed by atoms with Crippen LogP contribution in [0, 0.1) is 17.3 Å². The molecule has 0 heterocycles. The Kier molecular flexibility index (Phi) is 3.86. The summed E-state index contributed by atoms with van der Waals surface area (Å²) in [6.45, 7) is 8.29. The second-order valence-electron chi connectivity index (χ2n) is 6.29. The molecule has 0 saturated heterocycles. The first-order chi connectivity index (χ1) is 8.88. The Morgan fingerprint density at radius 3 is 2.84 bits per heavy atom. The molecule has 3 heteroatoms. The summed E-state index contributed by atoms with van der Waals surface area (Å²) in [6, 6.07) is 0. The lowest BCUT2D eigenvalue weighted by atomic mass is 9.57. The highest BCUT2D eigenvalue weighted by Gasteiger charge is 2.44. The van der Waals surface area contributed by atoms with E-state index in [2.05, 4.69) is 26.5 Å². The van der Waals surface area contributed by atoms with Crippen molar-refractivity contribution in [3.63, 3.8) is 0 Å². The summed E-state index contributed by atoms with van der Waals surface area (Å²) in [5.74, 6) is -0.220. The molecule has 2 rings (SSSR count). The maximum Gasteiger partial charge on any atom is 0.331 e. The molecule has 2 aliphatic carbocycles. The second-order valence-corrected chi connectivity index (χ2v) is 6.29. The number of aliphatic carboxylic acids is 1. The van der Waals surface area contributed by atoms with Gasteiger partial charge in [0.15, 0.2) is 0 Å². The van der Waals surface area contributed by atoms with Gasteiger partial charge in [0, 0.05) is 12.7 Å². The van der Waals surface area contributed by atoms with E-state index >= 15 is 0 Å². The van der Waals surface area contributed by atoms with E-state index in [1.54, 1.807) is 7.11 Å². The molecule has 0 aromatic carbocycles. The van der Waals surface area contributed by atoms with Crippen LogP contribution in [-0.4, -0.2) is 24.3 Å². The minimum absolute atomic E-state index is 0.107. The zero-order valence-corrected chi connectivity index (χ0v) is 12.1. The number of carboxylic acids is 1. The van der Waals surface area contributed by atoms with Crippen LogP contribution in [0.4, 0.5) is 0 Å². The third kappa shape index (κ3) is 2.48. The Hall–Kier alpha value is -1.09. The molecule has 1 fully saturated rings. The van der Waals surface area contributed by atoms with Crippen molar-refractivity contribution in [1.82, 2.24) is 0 Å². The fourth-order valence-corrected chi connectivity index (χ4v) is 3.69. The van der Waals surface area contributed by atoms with Crippen LogP contribution < -0.4 is 0 Å². The van der Waals surface area contributed by atoms with Crippen LogP contribution in [0.1, 0.15) is 39.5 Å². The van der Waals surface area contributed by atoms with Gasteiger partial charge in [-0.15, -0.1) is 0 Å². The van der Waals surface area contributed by atoms with E-state index < -0.39 is 5.97 Å². The molecule has 1 N–H and O–H groups in total. The van der Waals surface area contributed by atoms with E-state index in [0.29, 0.717) is 11.5 Å². The summed E-state index contributed by atoms with van der Waals surface area (Å²) in [5, 5.41) is 9.13. The highest BCUT2D eigenvalue weighted by molar-refractivity contribution is 5.86. The van der Waals surface area contributed by atoms with E-state index in [0.717, 1.165) is 25.7 Å². The summed E-state index contributed by atoms with van der Waals surface area (Å²) >= 11 is 0. The van der Waals surface area contributed by atoms with Gasteiger partial charge in [0.25, 0.3) is 0 Å². The van der Waals surface area contributed by atoms with Crippen LogP contribution in [0.5, 0.6) is 0 Å². The van der Waals surface area contributed by atoms with Crippen molar-refractivity contribution >= 4 is 5.97 Å². The second kappa shape index (κ2) is 5.12. The molecule has 0 spiro atoms. The monoisotopic (exact) mass is 264 g/mol. The zero-order chi connectivity index (χ0) is 14.2. The lowest BCUT2D eigenvalue weighted by Crippen LogP contribution is -2.40. The van der Waals surface area contributed by atoms with Crippen LogP contribution in [0.25, 0.3) is 0 Å². The topological polar surface area (TPSA) is 46.5 Å². The quantitative estimate of drug-likeness (QED) is 0.627. The third-order valence-corrected chi connectivity index (χ3v) is 5.30. The molecule has 19 heavy (non-hydrogen) atoms. The molecule has 1 saturated carbocycles. The van der Waals surface area contributed by atoms with Crippen molar-refractivity contribution in [1.29, 1.82) is 0 Å². The van der Waals surface area contributed by atoms with Crippen LogP contribution in [0.15, 0.2) is 23.8 Å². The number of fused-ring (bicyclic) bond motifs is 1. The lowest BCUT2D eigenvalue weighted by Gasteiger charge is -2.48. The normalized spacial score (nSPS) is 38.3. The van der Waals surface area contributed by atoms with Gasteiger partial charge in [-0.3, -0.25) is 0 Å². The molecule has 0 aliphatic heterocycles. The zero-order valence-electron chi connectivity index (χ0n) is 12.1. The van der Waals surface area contributed by atoms with Crippen molar-refractivity contribution in [3.05, 3.63) is 23.8 Å². The highest BCUT2D eigenvalue weighted by Crippen LogP contribution is 2.53. The van der Waals surface area contributed by atoms with Crippen LogP contribution in [-0.2, 0) is 9.53 Å². The number of allylic oxidation sites excluding steroid dienone is 1. The number of methoxy groups -OCH3 is 1. The van der Waals surface area contributed by atoms with Gasteiger partial charge in [-0.05, 0) is 42.9 Å². The Balaban J connectivity index is 2.23. The van der Waals surface area contributed by atoms with Crippen molar-refractivity contribution in [2.75, 3.05) is 7.11 Å². The third-order valence-electron chi connectivity index (χ3n) is 5.30. The number of carbonyl (C=O) groups is 1. The van der Waals surface area contributed by atoms with Gasteiger partial charge >= 0.3 is 5.97 Å². The van der Waals surface area contributed by atoms with Gasteiger partial charge in [-0.25, -0.2) is 4.79 Å². The molecule has 0 radical (unpaired) electrons. The predicted molar refractivity (Wildman–Crippen MR) is 74.9 cm³/mol. The van der Waals surface area contributed by atoms with Crippen molar-refractivity contribution in [2.24, 2.45) is 17.3 Å². The van der Waals surface area contributed by atoms with Gasteiger partial charge < -0.3 is 9.84 Å². The summed E-state index contributed by atoms with van der Waals surface area (Å²) in [5.41, 5.74) is 1.94. The number of ether oxygens (including phenoxy) is 1. The van der Waals surface area contributed by atoms with E-state index in [9.17, 15) is 4.79 Å². The first kappa shape index (κ1) is 14.3. The smallest absolute Gasteiger partial charge is 0.331 e. The highest BCUT2D eigenvalue weighted by atomic mass is 16.5. The van der Waals surface area contributed by atoms with Crippen molar-refractivity contribution < 1.29 is 14.6 Å².